The lowest BCUT2D eigenvalue weighted by Gasteiger charge is -2.47. The first-order chi connectivity index (χ1) is 18.7. The Labute approximate surface area is 241 Å². The van der Waals surface area contributed by atoms with Gasteiger partial charge in [0.15, 0.2) is 5.84 Å². The molecular formula is C32H51N3O5. The molecule has 1 fully saturated rings. The van der Waals surface area contributed by atoms with Gasteiger partial charge in [0.1, 0.15) is 5.66 Å². The highest BCUT2D eigenvalue weighted by atomic mass is 16.5. The van der Waals surface area contributed by atoms with Crippen LogP contribution in [-0.2, 0) is 14.3 Å². The topological polar surface area (TPSA) is 91.7 Å². The molecule has 3 rings (SSSR count). The zero-order valence-corrected chi connectivity index (χ0v) is 26.0. The van der Waals surface area contributed by atoms with Crippen LogP contribution in [0.5, 0.6) is 0 Å². The first kappa shape index (κ1) is 32.1. The number of amidine groups is 1. The van der Waals surface area contributed by atoms with Crippen molar-refractivity contribution in [3.8, 4) is 0 Å². The number of carboxylic acid groups (broad SMARTS) is 1. The zero-order chi connectivity index (χ0) is 29.7. The molecule has 1 unspecified atom stereocenters. The summed E-state index contributed by atoms with van der Waals surface area (Å²) < 4.78 is 10.8. The first-order valence-electron chi connectivity index (χ1n) is 14.7. The van der Waals surface area contributed by atoms with Crippen molar-refractivity contribution in [3.05, 3.63) is 35.4 Å². The molecule has 0 aromatic heterocycles. The third-order valence-corrected chi connectivity index (χ3v) is 8.64. The fraction of sp³-hybridized carbons (Fsp3) is 0.719. The van der Waals surface area contributed by atoms with Crippen molar-refractivity contribution >= 4 is 17.7 Å². The second-order valence-electron chi connectivity index (χ2n) is 13.7. The van der Waals surface area contributed by atoms with Gasteiger partial charge in [0, 0.05) is 27.3 Å². The van der Waals surface area contributed by atoms with Gasteiger partial charge in [0.25, 0.3) is 5.91 Å². The van der Waals surface area contributed by atoms with Crippen LogP contribution < -0.4 is 0 Å². The summed E-state index contributed by atoms with van der Waals surface area (Å²) in [6, 6.07) is 6.84. The number of aromatic carboxylic acids is 1. The normalized spacial score (nSPS) is 22.5. The summed E-state index contributed by atoms with van der Waals surface area (Å²) in [5.41, 5.74) is 0.847. The van der Waals surface area contributed by atoms with E-state index in [9.17, 15) is 14.7 Å². The molecular weight excluding hydrogens is 506 g/mol. The monoisotopic (exact) mass is 557 g/mol. The maximum Gasteiger partial charge on any atom is 0.335 e. The third-order valence-electron chi connectivity index (χ3n) is 8.64. The summed E-state index contributed by atoms with van der Waals surface area (Å²) in [4.78, 5) is 35.5. The predicted octanol–water partition coefficient (Wildman–Crippen LogP) is 6.02. The Morgan fingerprint density at radius 3 is 2.05 bits per heavy atom. The molecule has 1 heterocycles. The molecule has 0 bridgehead atoms. The highest BCUT2D eigenvalue weighted by molar-refractivity contribution is 6.39. The number of methoxy groups -OCH3 is 2. The number of carbonyl (C=O) groups is 2. The molecule has 0 saturated heterocycles. The number of hydrogen-bond acceptors (Lipinski definition) is 6. The molecule has 1 aliphatic carbocycles. The van der Waals surface area contributed by atoms with Crippen LogP contribution in [0.25, 0.3) is 0 Å². The van der Waals surface area contributed by atoms with E-state index in [-0.39, 0.29) is 28.3 Å². The minimum absolute atomic E-state index is 0.0531. The van der Waals surface area contributed by atoms with E-state index in [4.69, 9.17) is 14.5 Å². The molecule has 8 nitrogen and oxygen atoms in total. The zero-order valence-electron chi connectivity index (χ0n) is 26.0. The van der Waals surface area contributed by atoms with Crippen molar-refractivity contribution in [2.24, 2.45) is 21.7 Å². The number of rotatable bonds is 11. The molecule has 224 valence electrons. The van der Waals surface area contributed by atoms with Crippen LogP contribution in [-0.4, -0.2) is 78.8 Å². The average molecular weight is 558 g/mol. The van der Waals surface area contributed by atoms with E-state index in [2.05, 4.69) is 46.4 Å². The quantitative estimate of drug-likeness (QED) is 0.358. The number of carbonyl (C=O) groups excluding carboxylic acids is 1. The summed E-state index contributed by atoms with van der Waals surface area (Å²) in [5, 5.41) is 9.50. The lowest BCUT2D eigenvalue weighted by molar-refractivity contribution is -0.134. The lowest BCUT2D eigenvalue weighted by Crippen LogP contribution is -2.52. The molecule has 1 aliphatic heterocycles. The summed E-state index contributed by atoms with van der Waals surface area (Å²) in [7, 11) is 3.33. The minimum atomic E-state index is -0.954. The lowest BCUT2D eigenvalue weighted by atomic mass is 9.69. The van der Waals surface area contributed by atoms with Gasteiger partial charge < -0.3 is 24.4 Å². The third kappa shape index (κ3) is 7.64. The summed E-state index contributed by atoms with van der Waals surface area (Å²) in [6.45, 7) is 15.6. The van der Waals surface area contributed by atoms with Gasteiger partial charge in [-0.15, -0.1) is 0 Å². The second kappa shape index (κ2) is 13.0. The molecule has 0 radical (unpaired) electrons. The maximum atomic E-state index is 14.5. The number of aliphatic imine (C=N–C) groups is 1. The van der Waals surface area contributed by atoms with E-state index in [0.717, 1.165) is 44.1 Å². The molecule has 1 aromatic carbocycles. The van der Waals surface area contributed by atoms with Crippen LogP contribution in [0, 0.1) is 16.7 Å². The van der Waals surface area contributed by atoms with Crippen LogP contribution >= 0.6 is 0 Å². The van der Waals surface area contributed by atoms with Crippen molar-refractivity contribution in [1.82, 2.24) is 9.80 Å². The van der Waals surface area contributed by atoms with E-state index in [1.54, 1.807) is 26.4 Å². The van der Waals surface area contributed by atoms with Gasteiger partial charge in [0.2, 0.25) is 0 Å². The number of amides is 1. The van der Waals surface area contributed by atoms with E-state index in [1.165, 1.54) is 0 Å². The fourth-order valence-corrected chi connectivity index (χ4v) is 6.12. The SMILES string of the molecule is COCCN(CCOC)C1=NC2(CCC(C(C)(C)C)CC2)N(C(CCC(C)(C)C)c2ccc(C(=O)O)cc2)C1=O. The number of benzene rings is 1. The number of nitrogens with zero attached hydrogens (tertiary/aromatic N) is 3. The Hall–Kier alpha value is -2.45. The van der Waals surface area contributed by atoms with Gasteiger partial charge in [-0.1, -0.05) is 53.7 Å². The molecule has 1 spiro atoms. The van der Waals surface area contributed by atoms with E-state index in [1.807, 2.05) is 17.0 Å². The highest BCUT2D eigenvalue weighted by Gasteiger charge is 2.53. The molecule has 1 aromatic rings. The van der Waals surface area contributed by atoms with Crippen LogP contribution in [0.15, 0.2) is 29.3 Å². The molecule has 1 saturated carbocycles. The smallest absolute Gasteiger partial charge is 0.335 e. The summed E-state index contributed by atoms with van der Waals surface area (Å²) in [5.74, 6) is 0.0497. The average Bonchev–Trinajstić information content (AvgIpc) is 3.15. The van der Waals surface area contributed by atoms with Crippen LogP contribution in [0.4, 0.5) is 0 Å². The Morgan fingerprint density at radius 1 is 1.05 bits per heavy atom. The van der Waals surface area contributed by atoms with E-state index >= 15 is 0 Å². The Morgan fingerprint density at radius 2 is 1.60 bits per heavy atom. The molecule has 1 amide bonds. The van der Waals surface area contributed by atoms with Crippen molar-refractivity contribution in [3.63, 3.8) is 0 Å². The summed E-state index contributed by atoms with van der Waals surface area (Å²) >= 11 is 0. The fourth-order valence-electron chi connectivity index (χ4n) is 6.12. The summed E-state index contributed by atoms with van der Waals surface area (Å²) in [6.07, 6.45) is 5.31. The Balaban J connectivity index is 2.09. The molecule has 2 aliphatic rings. The number of carboxylic acids is 1. The highest BCUT2D eigenvalue weighted by Crippen LogP contribution is 2.50. The molecule has 1 N–H and O–H groups in total. The minimum Gasteiger partial charge on any atom is -0.478 e. The van der Waals surface area contributed by atoms with Gasteiger partial charge in [-0.05, 0) is 73.0 Å². The van der Waals surface area contributed by atoms with Gasteiger partial charge in [0.05, 0.1) is 24.8 Å². The van der Waals surface area contributed by atoms with E-state index in [0.29, 0.717) is 38.1 Å². The van der Waals surface area contributed by atoms with Crippen LogP contribution in [0.3, 0.4) is 0 Å². The van der Waals surface area contributed by atoms with Gasteiger partial charge in [-0.3, -0.25) is 4.79 Å². The molecule has 40 heavy (non-hydrogen) atoms. The number of ether oxygens (including phenoxy) is 2. The van der Waals surface area contributed by atoms with Gasteiger partial charge >= 0.3 is 5.97 Å². The van der Waals surface area contributed by atoms with Gasteiger partial charge in [-0.2, -0.15) is 0 Å². The molecule has 1 atom stereocenters. The second-order valence-corrected chi connectivity index (χ2v) is 13.7. The predicted molar refractivity (Wildman–Crippen MR) is 159 cm³/mol. The van der Waals surface area contributed by atoms with Crippen LogP contribution in [0.1, 0.15) is 102 Å². The van der Waals surface area contributed by atoms with Crippen LogP contribution in [0.2, 0.25) is 0 Å². The van der Waals surface area contributed by atoms with Crippen molar-refractivity contribution in [2.75, 3.05) is 40.5 Å². The maximum absolute atomic E-state index is 14.5. The Kier molecular flexibility index (Phi) is 10.4. The van der Waals surface area contributed by atoms with Gasteiger partial charge in [-0.25, -0.2) is 9.79 Å². The Bertz CT molecular complexity index is 1020. The van der Waals surface area contributed by atoms with E-state index < -0.39 is 11.6 Å². The number of hydrogen-bond donors (Lipinski definition) is 1. The van der Waals surface area contributed by atoms with Crippen molar-refractivity contribution in [2.45, 2.75) is 91.8 Å². The first-order valence-corrected chi connectivity index (χ1v) is 14.7. The standard InChI is InChI=1S/C32H51N3O5/c1-30(2,3)16-15-26(23-9-11-24(12-10-23)29(37)38)35-28(36)27(34(19-21-39-7)20-22-40-8)33-32(35)17-13-25(14-18-32)31(4,5)6/h9-12,25-26H,13-22H2,1-8H3,(H,37,38). The molecule has 8 heteroatoms. The van der Waals surface area contributed by atoms with Crippen molar-refractivity contribution in [1.29, 1.82) is 0 Å². The largest absolute Gasteiger partial charge is 0.478 e. The van der Waals surface area contributed by atoms with Crippen molar-refractivity contribution < 1.29 is 24.2 Å².